The third kappa shape index (κ3) is 3.78. The highest BCUT2D eigenvalue weighted by Crippen LogP contribution is 2.35. The molecule has 0 radical (unpaired) electrons. The highest BCUT2D eigenvalue weighted by Gasteiger charge is 2.06. The molecule has 1 aromatic rings. The lowest BCUT2D eigenvalue weighted by atomic mass is 10.3. The zero-order valence-corrected chi connectivity index (χ0v) is 9.57. The molecule has 0 unspecified atom stereocenters. The number of hydrogen-bond donors (Lipinski definition) is 1. The van der Waals surface area contributed by atoms with Crippen LogP contribution in [0.4, 0.5) is 4.39 Å². The topological polar surface area (TPSA) is 29.5 Å². The van der Waals surface area contributed by atoms with Gasteiger partial charge in [0.15, 0.2) is 11.0 Å². The van der Waals surface area contributed by atoms with Gasteiger partial charge in [-0.3, -0.25) is 0 Å². The van der Waals surface area contributed by atoms with Crippen molar-refractivity contribution in [2.24, 2.45) is 0 Å². The summed E-state index contributed by atoms with van der Waals surface area (Å²) in [5.41, 5.74) is 0. The van der Waals surface area contributed by atoms with Crippen molar-refractivity contribution < 1.29 is 14.2 Å². The summed E-state index contributed by atoms with van der Waals surface area (Å²) in [6.45, 7) is -0.0488. The molecule has 1 N–H and O–H groups in total. The Morgan fingerprint density at radius 3 is 2.40 bits per heavy atom. The lowest BCUT2D eigenvalue weighted by Gasteiger charge is -2.06. The third-order valence-electron chi connectivity index (χ3n) is 1.48. The van der Waals surface area contributed by atoms with Crippen molar-refractivity contribution in [1.29, 1.82) is 0 Å². The second-order valence-electron chi connectivity index (χ2n) is 2.54. The predicted octanol–water partition coefficient (Wildman–Crippen LogP) is 4.13. The van der Waals surface area contributed by atoms with Crippen LogP contribution >= 0.6 is 34.8 Å². The van der Waals surface area contributed by atoms with Crippen LogP contribution in [0.25, 0.3) is 0 Å². The van der Waals surface area contributed by atoms with E-state index in [-0.39, 0.29) is 22.4 Å². The quantitative estimate of drug-likeness (QED) is 0.896. The van der Waals surface area contributed by atoms with Gasteiger partial charge in [-0.2, -0.15) is 4.39 Å². The molecule has 1 aromatic carbocycles. The van der Waals surface area contributed by atoms with E-state index >= 15 is 0 Å². The maximum atomic E-state index is 12.1. The Labute approximate surface area is 101 Å². The standard InChI is InChI=1S/C9H6Cl3FO2/c10-6-3-5(4-7(11)9(6)14)15-2-1-8(12)13/h1,3-4,14H,2H2/b8-1-. The molecule has 0 amide bonds. The lowest BCUT2D eigenvalue weighted by Crippen LogP contribution is -1.93. The van der Waals surface area contributed by atoms with Crippen LogP contribution in [0.2, 0.25) is 10.0 Å². The normalized spacial score (nSPS) is 11.6. The number of aromatic hydroxyl groups is 1. The number of halogens is 4. The molecule has 1 rings (SSSR count). The monoisotopic (exact) mass is 270 g/mol. The van der Waals surface area contributed by atoms with Crippen LogP contribution in [0, 0.1) is 0 Å². The van der Waals surface area contributed by atoms with Gasteiger partial charge in [0.2, 0.25) is 0 Å². The minimum Gasteiger partial charge on any atom is -0.505 e. The van der Waals surface area contributed by atoms with E-state index in [1.54, 1.807) is 0 Å². The third-order valence-corrected chi connectivity index (χ3v) is 2.21. The van der Waals surface area contributed by atoms with Crippen molar-refractivity contribution in [3.05, 3.63) is 33.5 Å². The Morgan fingerprint density at radius 2 is 1.93 bits per heavy atom. The molecular formula is C9H6Cl3FO2. The molecule has 0 aromatic heterocycles. The van der Waals surface area contributed by atoms with Crippen molar-refractivity contribution in [3.63, 3.8) is 0 Å². The summed E-state index contributed by atoms with van der Waals surface area (Å²) in [6, 6.07) is 2.73. The first kappa shape index (κ1) is 12.4. The average molecular weight is 272 g/mol. The molecule has 0 atom stereocenters. The van der Waals surface area contributed by atoms with E-state index in [9.17, 15) is 9.50 Å². The van der Waals surface area contributed by atoms with Gasteiger partial charge in [0.25, 0.3) is 0 Å². The number of benzene rings is 1. The van der Waals surface area contributed by atoms with Gasteiger partial charge in [0.05, 0.1) is 10.0 Å². The Morgan fingerprint density at radius 1 is 1.40 bits per heavy atom. The summed E-state index contributed by atoms with van der Waals surface area (Å²) < 4.78 is 17.1. The molecule has 15 heavy (non-hydrogen) atoms. The van der Waals surface area contributed by atoms with E-state index in [0.717, 1.165) is 6.08 Å². The van der Waals surface area contributed by atoms with E-state index < -0.39 is 5.29 Å². The average Bonchev–Trinajstić information content (AvgIpc) is 2.13. The molecule has 0 fully saturated rings. The first-order chi connectivity index (χ1) is 7.00. The molecule has 0 aliphatic carbocycles. The Bertz CT molecular complexity index is 366. The fourth-order valence-electron chi connectivity index (χ4n) is 0.826. The highest BCUT2D eigenvalue weighted by atomic mass is 35.5. The molecular weight excluding hydrogens is 265 g/mol. The van der Waals surface area contributed by atoms with Gasteiger partial charge in [-0.05, 0) is 0 Å². The van der Waals surface area contributed by atoms with Crippen molar-refractivity contribution >= 4 is 34.8 Å². The first-order valence-electron chi connectivity index (χ1n) is 3.82. The largest absolute Gasteiger partial charge is 0.505 e. The van der Waals surface area contributed by atoms with E-state index in [0.29, 0.717) is 5.75 Å². The van der Waals surface area contributed by atoms with Crippen LogP contribution in [0.3, 0.4) is 0 Å². The molecule has 0 aliphatic rings. The second-order valence-corrected chi connectivity index (χ2v) is 3.72. The maximum Gasteiger partial charge on any atom is 0.188 e. The van der Waals surface area contributed by atoms with E-state index in [2.05, 4.69) is 0 Å². The summed E-state index contributed by atoms with van der Waals surface area (Å²) in [5, 5.41) is 8.50. The molecule has 82 valence electrons. The van der Waals surface area contributed by atoms with Crippen LogP contribution in [0.15, 0.2) is 23.5 Å². The lowest BCUT2D eigenvalue weighted by molar-refractivity contribution is 0.359. The van der Waals surface area contributed by atoms with Crippen LogP contribution < -0.4 is 4.74 Å². The first-order valence-corrected chi connectivity index (χ1v) is 4.96. The van der Waals surface area contributed by atoms with Gasteiger partial charge in [0, 0.05) is 18.2 Å². The van der Waals surface area contributed by atoms with E-state index in [4.69, 9.17) is 39.5 Å². The SMILES string of the molecule is Oc1c(Cl)cc(OC/C=C(\F)Cl)cc1Cl. The molecule has 0 bridgehead atoms. The van der Waals surface area contributed by atoms with Crippen molar-refractivity contribution in [1.82, 2.24) is 0 Å². The van der Waals surface area contributed by atoms with Gasteiger partial charge >= 0.3 is 0 Å². The van der Waals surface area contributed by atoms with Crippen LogP contribution in [-0.2, 0) is 0 Å². The number of rotatable bonds is 3. The number of hydrogen-bond acceptors (Lipinski definition) is 2. The Balaban J connectivity index is 2.75. The summed E-state index contributed by atoms with van der Waals surface area (Å²) in [6.07, 6.45) is 1.04. The fourth-order valence-corrected chi connectivity index (χ4v) is 1.36. The molecule has 0 spiro atoms. The van der Waals surface area contributed by atoms with Crippen LogP contribution in [0.1, 0.15) is 0 Å². The van der Waals surface area contributed by atoms with Gasteiger partial charge in [-0.25, -0.2) is 0 Å². The molecule has 0 heterocycles. The van der Waals surface area contributed by atoms with Crippen LogP contribution in [-0.4, -0.2) is 11.7 Å². The molecule has 2 nitrogen and oxygen atoms in total. The zero-order chi connectivity index (χ0) is 11.4. The van der Waals surface area contributed by atoms with Gasteiger partial charge in [-0.1, -0.05) is 34.8 Å². The smallest absolute Gasteiger partial charge is 0.188 e. The Hall–Kier alpha value is -0.640. The van der Waals surface area contributed by atoms with Crippen LogP contribution in [0.5, 0.6) is 11.5 Å². The number of ether oxygens (including phenoxy) is 1. The van der Waals surface area contributed by atoms with Crippen molar-refractivity contribution in [3.8, 4) is 11.5 Å². The Kier molecular flexibility index (Phi) is 4.51. The van der Waals surface area contributed by atoms with E-state index in [1.165, 1.54) is 12.1 Å². The molecule has 0 aliphatic heterocycles. The van der Waals surface area contributed by atoms with Gasteiger partial charge < -0.3 is 9.84 Å². The maximum absolute atomic E-state index is 12.1. The summed E-state index contributed by atoms with van der Waals surface area (Å²) in [7, 11) is 0. The minimum absolute atomic E-state index is 0.0488. The predicted molar refractivity (Wildman–Crippen MR) is 58.7 cm³/mol. The molecule has 6 heteroatoms. The molecule has 0 saturated carbocycles. The summed E-state index contributed by atoms with van der Waals surface area (Å²) in [5.74, 6) is 0.0988. The van der Waals surface area contributed by atoms with E-state index in [1.807, 2.05) is 0 Å². The summed E-state index contributed by atoms with van der Waals surface area (Å²) in [4.78, 5) is 0. The van der Waals surface area contributed by atoms with Crippen molar-refractivity contribution in [2.45, 2.75) is 0 Å². The second kappa shape index (κ2) is 5.45. The number of phenolic OH excluding ortho intramolecular Hbond substituents is 1. The van der Waals surface area contributed by atoms with Gasteiger partial charge in [-0.15, -0.1) is 0 Å². The van der Waals surface area contributed by atoms with Crippen molar-refractivity contribution in [2.75, 3.05) is 6.61 Å². The molecule has 0 saturated heterocycles. The highest BCUT2D eigenvalue weighted by molar-refractivity contribution is 6.37. The minimum atomic E-state index is -0.856. The van der Waals surface area contributed by atoms with Gasteiger partial charge in [0.1, 0.15) is 12.4 Å². The number of phenols is 1. The summed E-state index contributed by atoms with van der Waals surface area (Å²) >= 11 is 16.2. The fraction of sp³-hybridized carbons (Fsp3) is 0.111. The zero-order valence-electron chi connectivity index (χ0n) is 7.31.